The minimum Gasteiger partial charge on any atom is -0.482 e. The van der Waals surface area contributed by atoms with Crippen molar-refractivity contribution in [2.24, 2.45) is 5.16 Å². The first kappa shape index (κ1) is 15.7. The fraction of sp³-hybridized carbons (Fsp3) is 0.100. The second-order valence-corrected chi connectivity index (χ2v) is 5.20. The monoisotopic (exact) mass is 319 g/mol. The molecule has 0 N–H and O–H groups in total. The molecule has 0 aliphatic carbocycles. The lowest BCUT2D eigenvalue weighted by atomic mass is 10.0. The van der Waals surface area contributed by atoms with E-state index in [1.807, 2.05) is 42.5 Å². The topological polar surface area (TPSA) is 47.9 Å². The second-order valence-electron chi connectivity index (χ2n) is 5.20. The molecule has 0 aliphatic rings. The molecule has 0 fully saturated rings. The summed E-state index contributed by atoms with van der Waals surface area (Å²) >= 11 is 0. The number of nitrogens with zero attached hydrogens (tertiary/aromatic N) is 1. The molecular formula is C20H17NO3. The number of para-hydroxylation sites is 1. The maximum atomic E-state index is 11.6. The van der Waals surface area contributed by atoms with Crippen LogP contribution >= 0.6 is 0 Å². The highest BCUT2D eigenvalue weighted by atomic mass is 16.7. The van der Waals surface area contributed by atoms with Gasteiger partial charge in [0, 0.05) is 12.6 Å². The molecule has 0 aliphatic heterocycles. The summed E-state index contributed by atoms with van der Waals surface area (Å²) < 4.78 is 5.29. The van der Waals surface area contributed by atoms with Crippen LogP contribution in [0.5, 0.6) is 5.75 Å². The summed E-state index contributed by atoms with van der Waals surface area (Å²) in [5, 5.41) is 6.08. The zero-order valence-corrected chi connectivity index (χ0v) is 13.1. The van der Waals surface area contributed by atoms with Gasteiger partial charge in [-0.25, -0.2) is 4.79 Å². The third kappa shape index (κ3) is 4.20. The van der Waals surface area contributed by atoms with Crippen LogP contribution in [0.4, 0.5) is 0 Å². The molecule has 0 heterocycles. The van der Waals surface area contributed by atoms with Gasteiger partial charge in [-0.05, 0) is 28.5 Å². The lowest BCUT2D eigenvalue weighted by Gasteiger charge is -2.04. The number of hydrogen-bond donors (Lipinski definition) is 0. The summed E-state index contributed by atoms with van der Waals surface area (Å²) in [4.78, 5) is 16.4. The number of ether oxygens (including phenoxy) is 1. The summed E-state index contributed by atoms with van der Waals surface area (Å²) in [6.45, 7) is -0.171. The first-order chi connectivity index (χ1) is 11.8. The smallest absolute Gasteiger partial charge is 0.371 e. The average Bonchev–Trinajstić information content (AvgIpc) is 2.64. The van der Waals surface area contributed by atoms with Gasteiger partial charge >= 0.3 is 5.97 Å². The van der Waals surface area contributed by atoms with Crippen molar-refractivity contribution in [3.05, 3.63) is 78.4 Å². The van der Waals surface area contributed by atoms with Crippen LogP contribution in [-0.2, 0) is 16.1 Å². The maximum Gasteiger partial charge on any atom is 0.371 e. The molecular weight excluding hydrogens is 302 g/mol. The number of benzene rings is 3. The summed E-state index contributed by atoms with van der Waals surface area (Å²) in [5.74, 6) is 0.0854. The SMILES string of the molecule is O=C(COc1ccccc1)O/N=C/Cc1cccc2ccccc12. The quantitative estimate of drug-likeness (QED) is 0.392. The molecule has 4 nitrogen and oxygen atoms in total. The van der Waals surface area contributed by atoms with E-state index in [2.05, 4.69) is 23.4 Å². The highest BCUT2D eigenvalue weighted by molar-refractivity contribution is 5.87. The summed E-state index contributed by atoms with van der Waals surface area (Å²) in [6.07, 6.45) is 2.18. The van der Waals surface area contributed by atoms with E-state index in [1.54, 1.807) is 18.3 Å². The van der Waals surface area contributed by atoms with Gasteiger partial charge in [-0.3, -0.25) is 0 Å². The second kappa shape index (κ2) is 7.92. The van der Waals surface area contributed by atoms with Crippen LogP contribution in [0.15, 0.2) is 78.0 Å². The predicted octanol–water partition coefficient (Wildman–Crippen LogP) is 3.99. The van der Waals surface area contributed by atoms with E-state index < -0.39 is 5.97 Å². The summed E-state index contributed by atoms with van der Waals surface area (Å²) in [6, 6.07) is 23.4. The zero-order valence-electron chi connectivity index (χ0n) is 13.1. The fourth-order valence-corrected chi connectivity index (χ4v) is 2.39. The Morgan fingerprint density at radius 2 is 1.67 bits per heavy atom. The van der Waals surface area contributed by atoms with E-state index in [-0.39, 0.29) is 6.61 Å². The first-order valence-corrected chi connectivity index (χ1v) is 7.69. The van der Waals surface area contributed by atoms with Gasteiger partial charge in [0.1, 0.15) is 5.75 Å². The van der Waals surface area contributed by atoms with Gasteiger partial charge in [0.2, 0.25) is 0 Å². The number of hydrogen-bond acceptors (Lipinski definition) is 4. The molecule has 24 heavy (non-hydrogen) atoms. The van der Waals surface area contributed by atoms with Crippen LogP contribution in [0.2, 0.25) is 0 Å². The molecule has 0 amide bonds. The van der Waals surface area contributed by atoms with Gasteiger partial charge in [0.05, 0.1) is 0 Å². The summed E-state index contributed by atoms with van der Waals surface area (Å²) in [7, 11) is 0. The Hall–Kier alpha value is -3.14. The molecule has 0 saturated heterocycles. The number of fused-ring (bicyclic) bond motifs is 1. The number of oxime groups is 1. The third-order valence-corrected chi connectivity index (χ3v) is 3.52. The number of carbonyl (C=O) groups is 1. The normalized spacial score (nSPS) is 10.8. The molecule has 3 aromatic carbocycles. The van der Waals surface area contributed by atoms with Crippen molar-refractivity contribution in [2.75, 3.05) is 6.61 Å². The predicted molar refractivity (Wildman–Crippen MR) is 94.2 cm³/mol. The van der Waals surface area contributed by atoms with Crippen LogP contribution in [0.1, 0.15) is 5.56 Å². The van der Waals surface area contributed by atoms with Crippen molar-refractivity contribution >= 4 is 23.0 Å². The van der Waals surface area contributed by atoms with E-state index in [0.29, 0.717) is 12.2 Å². The highest BCUT2D eigenvalue weighted by Crippen LogP contribution is 2.18. The molecule has 0 aromatic heterocycles. The molecule has 3 aromatic rings. The van der Waals surface area contributed by atoms with Crippen molar-refractivity contribution < 1.29 is 14.4 Å². The van der Waals surface area contributed by atoms with E-state index in [9.17, 15) is 4.79 Å². The van der Waals surface area contributed by atoms with Crippen LogP contribution in [0, 0.1) is 0 Å². The van der Waals surface area contributed by atoms with E-state index in [4.69, 9.17) is 9.57 Å². The van der Waals surface area contributed by atoms with Gasteiger partial charge in [-0.15, -0.1) is 0 Å². The van der Waals surface area contributed by atoms with E-state index >= 15 is 0 Å². The molecule has 0 bridgehead atoms. The highest BCUT2D eigenvalue weighted by Gasteiger charge is 2.03. The van der Waals surface area contributed by atoms with Gasteiger partial charge in [-0.1, -0.05) is 65.8 Å². The standard InChI is InChI=1S/C20H17NO3/c22-20(15-23-18-10-2-1-3-11-18)24-21-14-13-17-9-6-8-16-7-4-5-12-19(16)17/h1-12,14H,13,15H2/b21-14+. The van der Waals surface area contributed by atoms with E-state index in [1.165, 1.54) is 10.8 Å². The Kier molecular flexibility index (Phi) is 5.20. The number of carbonyl (C=O) groups excluding carboxylic acids is 1. The fourth-order valence-electron chi connectivity index (χ4n) is 2.39. The molecule has 0 saturated carbocycles. The van der Waals surface area contributed by atoms with Crippen molar-refractivity contribution in [3.8, 4) is 5.75 Å². The van der Waals surface area contributed by atoms with Gasteiger partial charge < -0.3 is 9.57 Å². The third-order valence-electron chi connectivity index (χ3n) is 3.52. The average molecular weight is 319 g/mol. The molecule has 0 atom stereocenters. The van der Waals surface area contributed by atoms with Crippen molar-refractivity contribution in [2.45, 2.75) is 6.42 Å². The molecule has 120 valence electrons. The first-order valence-electron chi connectivity index (χ1n) is 7.69. The van der Waals surface area contributed by atoms with Crippen molar-refractivity contribution in [1.29, 1.82) is 0 Å². The van der Waals surface area contributed by atoms with Crippen LogP contribution in [-0.4, -0.2) is 18.8 Å². The van der Waals surface area contributed by atoms with Crippen LogP contribution in [0.25, 0.3) is 10.8 Å². The molecule has 4 heteroatoms. The van der Waals surface area contributed by atoms with Crippen molar-refractivity contribution in [1.82, 2.24) is 0 Å². The van der Waals surface area contributed by atoms with Gasteiger partial charge in [-0.2, -0.15) is 0 Å². The Morgan fingerprint density at radius 1 is 0.917 bits per heavy atom. The largest absolute Gasteiger partial charge is 0.482 e. The zero-order chi connectivity index (χ0) is 16.6. The lowest BCUT2D eigenvalue weighted by Crippen LogP contribution is -2.12. The minimum absolute atomic E-state index is 0.171. The Morgan fingerprint density at radius 3 is 2.54 bits per heavy atom. The molecule has 3 rings (SSSR count). The minimum atomic E-state index is -0.534. The maximum absolute atomic E-state index is 11.6. The molecule has 0 spiro atoms. The Balaban J connectivity index is 1.50. The van der Waals surface area contributed by atoms with Gasteiger partial charge in [0.15, 0.2) is 6.61 Å². The van der Waals surface area contributed by atoms with E-state index in [0.717, 1.165) is 5.56 Å². The van der Waals surface area contributed by atoms with Gasteiger partial charge in [0.25, 0.3) is 0 Å². The summed E-state index contributed by atoms with van der Waals surface area (Å²) in [5.41, 5.74) is 1.13. The molecule has 0 radical (unpaired) electrons. The van der Waals surface area contributed by atoms with Crippen LogP contribution in [0.3, 0.4) is 0 Å². The molecule has 0 unspecified atom stereocenters. The van der Waals surface area contributed by atoms with Crippen molar-refractivity contribution in [3.63, 3.8) is 0 Å². The Labute approximate surface area is 140 Å². The van der Waals surface area contributed by atoms with Crippen LogP contribution < -0.4 is 4.74 Å². The lowest BCUT2D eigenvalue weighted by molar-refractivity contribution is -0.145. The number of rotatable bonds is 6. The Bertz CT molecular complexity index is 838.